The summed E-state index contributed by atoms with van der Waals surface area (Å²) in [6.45, 7) is 1.52. The lowest BCUT2D eigenvalue weighted by Gasteiger charge is -2.24. The van der Waals surface area contributed by atoms with E-state index >= 15 is 0 Å². The zero-order valence-electron chi connectivity index (χ0n) is 15.8. The molecule has 0 saturated carbocycles. The van der Waals surface area contributed by atoms with Crippen LogP contribution < -0.4 is 23.8 Å². The average Bonchev–Trinajstić information content (AvgIpc) is 3.12. The molecular weight excluding hydrogens is 384 g/mol. The van der Waals surface area contributed by atoms with Crippen LogP contribution in [0.4, 0.5) is 5.69 Å². The molecule has 1 aliphatic rings. The van der Waals surface area contributed by atoms with Crippen molar-refractivity contribution < 1.29 is 27.4 Å². The molecule has 1 aliphatic heterocycles. The molecule has 0 bridgehead atoms. The molecule has 0 saturated heterocycles. The second kappa shape index (κ2) is 7.97. The number of hydrogen-bond donors (Lipinski definition) is 1. The Kier molecular flexibility index (Phi) is 5.64. The highest BCUT2D eigenvalue weighted by Gasteiger charge is 2.24. The van der Waals surface area contributed by atoms with Gasteiger partial charge in [0.25, 0.3) is 0 Å². The molecule has 0 radical (unpaired) electrons. The Hall–Kier alpha value is -2.94. The number of ether oxygens (including phenoxy) is 3. The van der Waals surface area contributed by atoms with Crippen LogP contribution in [0.15, 0.2) is 42.5 Å². The summed E-state index contributed by atoms with van der Waals surface area (Å²) in [4.78, 5) is 12.6. The molecule has 150 valence electrons. The van der Waals surface area contributed by atoms with Gasteiger partial charge in [-0.15, -0.1) is 0 Å². The van der Waals surface area contributed by atoms with Gasteiger partial charge in [0.15, 0.2) is 11.5 Å². The maximum absolute atomic E-state index is 12.6. The van der Waals surface area contributed by atoms with Gasteiger partial charge in [-0.25, -0.2) is 8.42 Å². The van der Waals surface area contributed by atoms with Crippen LogP contribution in [0.2, 0.25) is 0 Å². The highest BCUT2D eigenvalue weighted by molar-refractivity contribution is 7.92. The smallest absolute Gasteiger partial charge is 0.241 e. The third-order valence-electron chi connectivity index (χ3n) is 4.31. The van der Waals surface area contributed by atoms with Gasteiger partial charge in [0.2, 0.25) is 22.7 Å². The van der Waals surface area contributed by atoms with E-state index in [-0.39, 0.29) is 19.4 Å². The van der Waals surface area contributed by atoms with E-state index in [0.717, 1.165) is 16.1 Å². The van der Waals surface area contributed by atoms with E-state index in [2.05, 4.69) is 5.32 Å². The lowest BCUT2D eigenvalue weighted by atomic mass is 10.1. The van der Waals surface area contributed by atoms with Crippen molar-refractivity contribution in [2.75, 3.05) is 31.0 Å². The van der Waals surface area contributed by atoms with E-state index in [0.29, 0.717) is 22.9 Å². The van der Waals surface area contributed by atoms with E-state index in [1.807, 2.05) is 18.2 Å². The summed E-state index contributed by atoms with van der Waals surface area (Å²) in [5.74, 6) is 1.17. The Morgan fingerprint density at radius 1 is 1.21 bits per heavy atom. The Morgan fingerprint density at radius 2 is 1.93 bits per heavy atom. The molecule has 0 fully saturated rings. The average molecular weight is 406 g/mol. The molecule has 0 spiro atoms. The van der Waals surface area contributed by atoms with Crippen molar-refractivity contribution in [2.45, 2.75) is 13.0 Å². The van der Waals surface area contributed by atoms with Crippen LogP contribution in [-0.2, 0) is 14.8 Å². The van der Waals surface area contributed by atoms with Crippen LogP contribution in [0.5, 0.6) is 17.2 Å². The Morgan fingerprint density at radius 3 is 2.64 bits per heavy atom. The molecule has 2 aromatic carbocycles. The molecule has 2 aromatic rings. The summed E-state index contributed by atoms with van der Waals surface area (Å²) < 4.78 is 41.4. The minimum absolute atomic E-state index is 0.0779. The lowest BCUT2D eigenvalue weighted by molar-refractivity contribution is -0.120. The van der Waals surface area contributed by atoms with Crippen molar-refractivity contribution in [2.24, 2.45) is 0 Å². The number of hydrogen-bond acceptors (Lipinski definition) is 6. The number of methoxy groups -OCH3 is 1. The second-order valence-corrected chi connectivity index (χ2v) is 8.25. The zero-order valence-corrected chi connectivity index (χ0v) is 16.7. The fourth-order valence-corrected chi connectivity index (χ4v) is 3.81. The van der Waals surface area contributed by atoms with Crippen LogP contribution in [0.25, 0.3) is 0 Å². The third-order valence-corrected chi connectivity index (χ3v) is 5.46. The maximum Gasteiger partial charge on any atom is 0.241 e. The number of carbonyl (C=O) groups excluding carboxylic acids is 1. The van der Waals surface area contributed by atoms with Gasteiger partial charge in [-0.3, -0.25) is 9.10 Å². The first-order chi connectivity index (χ1) is 13.3. The highest BCUT2D eigenvalue weighted by atomic mass is 32.2. The number of anilines is 1. The number of amides is 1. The number of sulfonamides is 1. The van der Waals surface area contributed by atoms with Crippen LogP contribution >= 0.6 is 0 Å². The molecule has 0 aliphatic carbocycles. The van der Waals surface area contributed by atoms with E-state index in [9.17, 15) is 13.2 Å². The number of fused-ring (bicyclic) bond motifs is 1. The lowest BCUT2D eigenvalue weighted by Crippen LogP contribution is -2.41. The van der Waals surface area contributed by atoms with E-state index in [1.165, 1.54) is 0 Å². The summed E-state index contributed by atoms with van der Waals surface area (Å²) in [6.07, 6.45) is 1.05. The van der Waals surface area contributed by atoms with E-state index in [4.69, 9.17) is 14.2 Å². The van der Waals surface area contributed by atoms with Crippen molar-refractivity contribution in [1.82, 2.24) is 5.32 Å². The van der Waals surface area contributed by atoms with Crippen LogP contribution in [0, 0.1) is 0 Å². The monoisotopic (exact) mass is 406 g/mol. The van der Waals surface area contributed by atoms with Crippen LogP contribution in [0.1, 0.15) is 18.5 Å². The van der Waals surface area contributed by atoms with Gasteiger partial charge in [-0.05, 0) is 25.1 Å². The number of nitrogens with zero attached hydrogens (tertiary/aromatic N) is 1. The number of para-hydroxylation sites is 1. The van der Waals surface area contributed by atoms with Crippen molar-refractivity contribution in [1.29, 1.82) is 0 Å². The summed E-state index contributed by atoms with van der Waals surface area (Å²) in [5.41, 5.74) is 1.12. The summed E-state index contributed by atoms with van der Waals surface area (Å²) in [5, 5.41) is 2.81. The number of rotatable bonds is 7. The normalized spacial score (nSPS) is 13.7. The second-order valence-electron chi connectivity index (χ2n) is 6.34. The molecule has 28 heavy (non-hydrogen) atoms. The SMILES string of the molecule is COc1ccccc1[C@H](C)NC(=O)CN(c1ccc2c(c1)OCO2)S(C)(=O)=O. The molecule has 0 aromatic heterocycles. The zero-order chi connectivity index (χ0) is 20.3. The molecule has 1 amide bonds. The number of benzene rings is 2. The van der Waals surface area contributed by atoms with Gasteiger partial charge >= 0.3 is 0 Å². The summed E-state index contributed by atoms with van der Waals surface area (Å²) in [6, 6.07) is 11.7. The molecular formula is C19H22N2O6S. The van der Waals surface area contributed by atoms with Gasteiger partial charge in [-0.2, -0.15) is 0 Å². The molecule has 1 atom stereocenters. The van der Waals surface area contributed by atoms with Crippen molar-refractivity contribution in [3.63, 3.8) is 0 Å². The predicted molar refractivity (Wildman–Crippen MR) is 104 cm³/mol. The topological polar surface area (TPSA) is 94.2 Å². The van der Waals surface area contributed by atoms with Crippen LogP contribution in [0.3, 0.4) is 0 Å². The van der Waals surface area contributed by atoms with E-state index < -0.39 is 15.9 Å². The predicted octanol–water partition coefficient (Wildman–Crippen LogP) is 2.07. The molecule has 8 nitrogen and oxygen atoms in total. The molecule has 9 heteroatoms. The first-order valence-corrected chi connectivity index (χ1v) is 10.4. The van der Waals surface area contributed by atoms with Gasteiger partial charge in [0.1, 0.15) is 12.3 Å². The quantitative estimate of drug-likeness (QED) is 0.757. The molecule has 1 N–H and O–H groups in total. The largest absolute Gasteiger partial charge is 0.496 e. The van der Waals surface area contributed by atoms with E-state index in [1.54, 1.807) is 38.3 Å². The minimum Gasteiger partial charge on any atom is -0.496 e. The summed E-state index contributed by atoms with van der Waals surface area (Å²) in [7, 11) is -2.14. The minimum atomic E-state index is -3.69. The standard InChI is InChI=1S/C19H22N2O6S/c1-13(15-6-4-5-7-16(15)25-2)20-19(22)11-21(28(3,23)24)14-8-9-17-18(10-14)27-12-26-17/h4-10,13H,11-12H2,1-3H3,(H,20,22)/t13-/m0/s1. The number of carbonyl (C=O) groups is 1. The van der Waals surface area contributed by atoms with Gasteiger partial charge in [0, 0.05) is 11.6 Å². The first kappa shape index (κ1) is 19.8. The fraction of sp³-hybridized carbons (Fsp3) is 0.316. The Labute approximate surface area is 164 Å². The van der Waals surface area contributed by atoms with Gasteiger partial charge in [0.05, 0.1) is 25.1 Å². The maximum atomic E-state index is 12.6. The van der Waals surface area contributed by atoms with Crippen molar-refractivity contribution in [3.8, 4) is 17.2 Å². The molecule has 3 rings (SSSR count). The van der Waals surface area contributed by atoms with Crippen molar-refractivity contribution in [3.05, 3.63) is 48.0 Å². The molecule has 1 heterocycles. The molecule has 0 unspecified atom stereocenters. The Bertz CT molecular complexity index is 976. The third kappa shape index (κ3) is 4.30. The van der Waals surface area contributed by atoms with Gasteiger partial charge < -0.3 is 19.5 Å². The van der Waals surface area contributed by atoms with Gasteiger partial charge in [-0.1, -0.05) is 18.2 Å². The Balaban J connectivity index is 1.77. The van der Waals surface area contributed by atoms with Crippen LogP contribution in [-0.4, -0.2) is 41.0 Å². The number of nitrogens with one attached hydrogen (secondary N) is 1. The first-order valence-electron chi connectivity index (χ1n) is 8.59. The highest BCUT2D eigenvalue weighted by Crippen LogP contribution is 2.36. The summed E-state index contributed by atoms with van der Waals surface area (Å²) >= 11 is 0. The fourth-order valence-electron chi connectivity index (χ4n) is 2.96. The van der Waals surface area contributed by atoms with Crippen molar-refractivity contribution >= 4 is 21.6 Å².